The fourth-order valence-corrected chi connectivity index (χ4v) is 7.51. The Labute approximate surface area is 277 Å². The van der Waals surface area contributed by atoms with Gasteiger partial charge in [-0.3, -0.25) is 0 Å². The molecule has 48 heavy (non-hydrogen) atoms. The number of benzene rings is 9. The molecule has 0 aliphatic carbocycles. The minimum atomic E-state index is 0.879. The molecule has 0 spiro atoms. The number of para-hydroxylation sites is 1. The SMILES string of the molecule is c1ccc2c(c1)ccc1ccc(N(c3ccc(-c4cc5ccccc5c5ccccc45)cc3)c3ccc4c(c3)oc3ccccc34)cc12. The highest BCUT2D eigenvalue weighted by atomic mass is 16.3. The average Bonchev–Trinajstić information content (AvgIpc) is 3.53. The first-order valence-corrected chi connectivity index (χ1v) is 16.4. The second-order valence-electron chi connectivity index (χ2n) is 12.5. The maximum absolute atomic E-state index is 6.37. The third-order valence-electron chi connectivity index (χ3n) is 9.81. The first-order chi connectivity index (χ1) is 23.8. The van der Waals surface area contributed by atoms with Crippen molar-refractivity contribution in [3.8, 4) is 11.1 Å². The molecule has 0 fully saturated rings. The highest BCUT2D eigenvalue weighted by Crippen LogP contribution is 2.42. The minimum Gasteiger partial charge on any atom is -0.456 e. The zero-order chi connectivity index (χ0) is 31.6. The maximum Gasteiger partial charge on any atom is 0.137 e. The van der Waals surface area contributed by atoms with Crippen molar-refractivity contribution in [1.29, 1.82) is 0 Å². The van der Waals surface area contributed by atoms with Crippen LogP contribution in [0.2, 0.25) is 0 Å². The second-order valence-corrected chi connectivity index (χ2v) is 12.5. The predicted octanol–water partition coefficient (Wildman–Crippen LogP) is 13.3. The molecular weight excluding hydrogens is 583 g/mol. The van der Waals surface area contributed by atoms with E-state index in [-0.39, 0.29) is 0 Å². The number of nitrogens with zero attached hydrogens (tertiary/aromatic N) is 1. The van der Waals surface area contributed by atoms with Crippen LogP contribution in [-0.2, 0) is 0 Å². The van der Waals surface area contributed by atoms with Crippen LogP contribution < -0.4 is 4.90 Å². The molecule has 0 unspecified atom stereocenters. The summed E-state index contributed by atoms with van der Waals surface area (Å²) in [6.45, 7) is 0. The van der Waals surface area contributed by atoms with Crippen molar-refractivity contribution < 1.29 is 4.42 Å². The Kier molecular flexibility index (Phi) is 5.91. The van der Waals surface area contributed by atoms with Gasteiger partial charge in [-0.2, -0.15) is 0 Å². The van der Waals surface area contributed by atoms with E-state index < -0.39 is 0 Å². The van der Waals surface area contributed by atoms with Crippen molar-refractivity contribution in [3.05, 3.63) is 176 Å². The first-order valence-electron chi connectivity index (χ1n) is 16.4. The molecule has 1 heterocycles. The van der Waals surface area contributed by atoms with Gasteiger partial charge in [0.25, 0.3) is 0 Å². The zero-order valence-electron chi connectivity index (χ0n) is 26.1. The summed E-state index contributed by atoms with van der Waals surface area (Å²) < 4.78 is 6.37. The van der Waals surface area contributed by atoms with Gasteiger partial charge in [-0.1, -0.05) is 121 Å². The number of rotatable bonds is 4. The monoisotopic (exact) mass is 611 g/mol. The van der Waals surface area contributed by atoms with Crippen LogP contribution in [0, 0.1) is 0 Å². The fourth-order valence-electron chi connectivity index (χ4n) is 7.51. The second kappa shape index (κ2) is 10.6. The fraction of sp³-hybridized carbons (Fsp3) is 0. The van der Waals surface area contributed by atoms with Gasteiger partial charge in [-0.05, 0) is 103 Å². The lowest BCUT2D eigenvalue weighted by Crippen LogP contribution is -2.09. The Morgan fingerprint density at radius 1 is 0.312 bits per heavy atom. The summed E-state index contributed by atoms with van der Waals surface area (Å²) in [5, 5.41) is 12.3. The van der Waals surface area contributed by atoms with Crippen LogP contribution in [0.5, 0.6) is 0 Å². The van der Waals surface area contributed by atoms with Gasteiger partial charge in [0.05, 0.1) is 0 Å². The lowest BCUT2D eigenvalue weighted by Gasteiger charge is -2.26. The minimum absolute atomic E-state index is 0.879. The summed E-state index contributed by atoms with van der Waals surface area (Å²) >= 11 is 0. The quantitative estimate of drug-likeness (QED) is 0.184. The Bertz CT molecular complexity index is 2840. The van der Waals surface area contributed by atoms with E-state index in [0.29, 0.717) is 0 Å². The molecule has 1 aromatic heterocycles. The van der Waals surface area contributed by atoms with E-state index in [9.17, 15) is 0 Å². The molecular formula is C46H29NO. The van der Waals surface area contributed by atoms with Crippen molar-refractivity contribution in [1.82, 2.24) is 0 Å². The van der Waals surface area contributed by atoms with Crippen molar-refractivity contribution in [2.75, 3.05) is 4.90 Å². The van der Waals surface area contributed by atoms with Crippen LogP contribution in [-0.4, -0.2) is 0 Å². The Morgan fingerprint density at radius 2 is 0.854 bits per heavy atom. The third-order valence-corrected chi connectivity index (χ3v) is 9.81. The molecule has 0 atom stereocenters. The van der Waals surface area contributed by atoms with E-state index in [1.54, 1.807) is 0 Å². The topological polar surface area (TPSA) is 16.4 Å². The third kappa shape index (κ3) is 4.20. The molecule has 10 aromatic rings. The van der Waals surface area contributed by atoms with E-state index in [2.05, 4.69) is 169 Å². The molecule has 0 aliphatic rings. The number of fused-ring (bicyclic) bond motifs is 9. The summed E-state index contributed by atoms with van der Waals surface area (Å²) in [7, 11) is 0. The van der Waals surface area contributed by atoms with Crippen molar-refractivity contribution in [3.63, 3.8) is 0 Å². The molecule has 0 N–H and O–H groups in total. The molecule has 0 saturated heterocycles. The van der Waals surface area contributed by atoms with Gasteiger partial charge in [0, 0.05) is 33.9 Å². The maximum atomic E-state index is 6.37. The van der Waals surface area contributed by atoms with Crippen molar-refractivity contribution in [2.45, 2.75) is 0 Å². The number of hydrogen-bond acceptors (Lipinski definition) is 2. The van der Waals surface area contributed by atoms with E-state index in [4.69, 9.17) is 4.42 Å². The number of anilines is 3. The van der Waals surface area contributed by atoms with Crippen LogP contribution in [0.25, 0.3) is 76.2 Å². The van der Waals surface area contributed by atoms with Crippen molar-refractivity contribution >= 4 is 82.1 Å². The average molecular weight is 612 g/mol. The van der Waals surface area contributed by atoms with Crippen LogP contribution in [0.1, 0.15) is 0 Å². The molecule has 0 aliphatic heterocycles. The van der Waals surface area contributed by atoms with Crippen molar-refractivity contribution in [2.24, 2.45) is 0 Å². The lowest BCUT2D eigenvalue weighted by molar-refractivity contribution is 0.669. The van der Waals surface area contributed by atoms with Gasteiger partial charge in [0.2, 0.25) is 0 Å². The van der Waals surface area contributed by atoms with Gasteiger partial charge < -0.3 is 9.32 Å². The van der Waals surface area contributed by atoms with E-state index in [1.807, 2.05) is 12.1 Å². The predicted molar refractivity (Wildman–Crippen MR) is 204 cm³/mol. The molecule has 0 bridgehead atoms. The summed E-state index contributed by atoms with van der Waals surface area (Å²) in [6, 6.07) is 63.4. The molecule has 0 saturated carbocycles. The van der Waals surface area contributed by atoms with E-state index in [0.717, 1.165) is 39.0 Å². The van der Waals surface area contributed by atoms with Gasteiger partial charge in [-0.15, -0.1) is 0 Å². The van der Waals surface area contributed by atoms with E-state index >= 15 is 0 Å². The van der Waals surface area contributed by atoms with E-state index in [1.165, 1.54) is 54.2 Å². The van der Waals surface area contributed by atoms with Crippen LogP contribution in [0.3, 0.4) is 0 Å². The largest absolute Gasteiger partial charge is 0.456 e. The van der Waals surface area contributed by atoms with Crippen LogP contribution in [0.4, 0.5) is 17.1 Å². The smallest absolute Gasteiger partial charge is 0.137 e. The molecule has 224 valence electrons. The highest BCUT2D eigenvalue weighted by Gasteiger charge is 2.17. The Morgan fingerprint density at radius 3 is 1.67 bits per heavy atom. The van der Waals surface area contributed by atoms with Crippen LogP contribution >= 0.6 is 0 Å². The van der Waals surface area contributed by atoms with Gasteiger partial charge in [-0.25, -0.2) is 0 Å². The van der Waals surface area contributed by atoms with Gasteiger partial charge >= 0.3 is 0 Å². The molecule has 2 nitrogen and oxygen atoms in total. The highest BCUT2D eigenvalue weighted by molar-refractivity contribution is 6.14. The first kappa shape index (κ1) is 26.8. The Hall–Kier alpha value is -6.38. The summed E-state index contributed by atoms with van der Waals surface area (Å²) in [6.07, 6.45) is 0. The normalized spacial score (nSPS) is 11.8. The standard InChI is InChI=1S/C46H29NO/c1-3-11-37-30(9-1)17-18-31-21-24-35(28-44(31)37)47(36-25-26-42-41-15-7-8-16-45(41)48-46(42)29-36)34-22-19-32(20-23-34)43-27-33-10-2-4-12-38(33)39-13-5-6-14-40(39)43/h1-29H. The zero-order valence-corrected chi connectivity index (χ0v) is 26.1. The Balaban J connectivity index is 1.16. The molecule has 9 aromatic carbocycles. The molecule has 0 amide bonds. The molecule has 2 heteroatoms. The summed E-state index contributed by atoms with van der Waals surface area (Å²) in [5.41, 5.74) is 7.44. The van der Waals surface area contributed by atoms with Gasteiger partial charge in [0.15, 0.2) is 0 Å². The molecule has 0 radical (unpaired) electrons. The van der Waals surface area contributed by atoms with Crippen LogP contribution in [0.15, 0.2) is 180 Å². The summed E-state index contributed by atoms with van der Waals surface area (Å²) in [5.74, 6) is 0. The van der Waals surface area contributed by atoms with Gasteiger partial charge in [0.1, 0.15) is 11.2 Å². The lowest BCUT2D eigenvalue weighted by atomic mass is 9.93. The number of furan rings is 1. The summed E-state index contributed by atoms with van der Waals surface area (Å²) in [4.78, 5) is 2.34. The number of hydrogen-bond donors (Lipinski definition) is 0. The molecule has 10 rings (SSSR count).